The Labute approximate surface area is 269 Å². The molecular formula is C34H55ClN4O5. The maximum Gasteiger partial charge on any atom is 0.244 e. The van der Waals surface area contributed by atoms with Crippen LogP contribution >= 0.6 is 12.4 Å². The first kappa shape index (κ1) is 39.3. The van der Waals surface area contributed by atoms with Gasteiger partial charge in [-0.2, -0.15) is 0 Å². The summed E-state index contributed by atoms with van der Waals surface area (Å²) in [5, 5.41) is 28.8. The minimum absolute atomic E-state index is 0. The van der Waals surface area contributed by atoms with Gasteiger partial charge in [0.15, 0.2) is 0 Å². The van der Waals surface area contributed by atoms with E-state index in [-0.39, 0.29) is 61.4 Å². The first-order valence-corrected chi connectivity index (χ1v) is 15.8. The summed E-state index contributed by atoms with van der Waals surface area (Å²) in [6, 6.07) is 11.0. The molecule has 1 unspecified atom stereocenters. The maximum absolute atomic E-state index is 14.2. The van der Waals surface area contributed by atoms with Crippen LogP contribution in [0.15, 0.2) is 42.5 Å². The standard InChI is InChI=1S/C34H54N4O5.ClH/c1-7-8-15-30(38(34(43)24(6)35)29-16-11-13-25-12-9-10-14-27(25)29)33(42)37-28(19-22(2)3)31(40)20-26(17-18-39)32(41)36-21-23(4)5;/h9-14,16,22-24,26,28,30-31,39-40H,7-8,15,17-21,35H2,1-6H3,(H,36,41)(H,37,42);1H/t24-,26?,28-,30-,31-;/m0./s1. The van der Waals surface area contributed by atoms with Gasteiger partial charge >= 0.3 is 0 Å². The van der Waals surface area contributed by atoms with Gasteiger partial charge in [0.05, 0.1) is 23.9 Å². The third-order valence-corrected chi connectivity index (χ3v) is 7.67. The summed E-state index contributed by atoms with van der Waals surface area (Å²) in [5.41, 5.74) is 6.75. The molecule has 2 aromatic rings. The van der Waals surface area contributed by atoms with Gasteiger partial charge in [-0.25, -0.2) is 0 Å². The third kappa shape index (κ3) is 11.7. The van der Waals surface area contributed by atoms with Gasteiger partial charge in [0, 0.05) is 24.5 Å². The Morgan fingerprint density at radius 2 is 1.57 bits per heavy atom. The summed E-state index contributed by atoms with van der Waals surface area (Å²) in [6.07, 6.45) is 1.69. The number of anilines is 1. The van der Waals surface area contributed by atoms with Crippen molar-refractivity contribution < 1.29 is 24.6 Å². The summed E-state index contributed by atoms with van der Waals surface area (Å²) >= 11 is 0. The lowest BCUT2D eigenvalue weighted by Crippen LogP contribution is -2.57. The number of aliphatic hydroxyl groups is 2. The molecule has 6 N–H and O–H groups in total. The molecule has 3 amide bonds. The highest BCUT2D eigenvalue weighted by molar-refractivity contribution is 6.09. The predicted octanol–water partition coefficient (Wildman–Crippen LogP) is 4.55. The Morgan fingerprint density at radius 3 is 2.16 bits per heavy atom. The van der Waals surface area contributed by atoms with Crippen LogP contribution in [0, 0.1) is 17.8 Å². The second-order valence-electron chi connectivity index (χ2n) is 12.5. The number of carbonyl (C=O) groups is 3. The number of hydrogen-bond acceptors (Lipinski definition) is 6. The van der Waals surface area contributed by atoms with E-state index in [1.165, 1.54) is 4.90 Å². The SMILES string of the molecule is CCCC[C@@H](C(=O)N[C@@H](CC(C)C)[C@@H](O)CC(CCO)C(=O)NCC(C)C)N(C(=O)[C@H](C)N)c1cccc2ccccc12.Cl. The lowest BCUT2D eigenvalue weighted by Gasteiger charge is -2.35. The topological polar surface area (TPSA) is 145 Å². The molecule has 2 aromatic carbocycles. The van der Waals surface area contributed by atoms with Crippen molar-refractivity contribution in [3.63, 3.8) is 0 Å². The number of benzene rings is 2. The van der Waals surface area contributed by atoms with E-state index in [2.05, 4.69) is 10.6 Å². The number of hydrogen-bond donors (Lipinski definition) is 5. The fraction of sp³-hybridized carbons (Fsp3) is 0.618. The molecule has 10 heteroatoms. The van der Waals surface area contributed by atoms with Crippen LogP contribution in [0.25, 0.3) is 10.8 Å². The largest absolute Gasteiger partial charge is 0.396 e. The van der Waals surface area contributed by atoms with Crippen LogP contribution in [0.1, 0.15) is 80.1 Å². The van der Waals surface area contributed by atoms with E-state index in [4.69, 9.17) is 5.73 Å². The summed E-state index contributed by atoms with van der Waals surface area (Å²) in [7, 11) is 0. The molecule has 5 atom stereocenters. The number of aliphatic hydroxyl groups excluding tert-OH is 2. The number of unbranched alkanes of at least 4 members (excludes halogenated alkanes) is 1. The van der Waals surface area contributed by atoms with Crippen molar-refractivity contribution in [1.29, 1.82) is 0 Å². The fourth-order valence-corrected chi connectivity index (χ4v) is 5.37. The molecule has 0 saturated carbocycles. The molecular weight excluding hydrogens is 580 g/mol. The van der Waals surface area contributed by atoms with Crippen molar-refractivity contribution >= 4 is 46.6 Å². The monoisotopic (exact) mass is 634 g/mol. The van der Waals surface area contributed by atoms with E-state index < -0.39 is 30.1 Å². The first-order chi connectivity index (χ1) is 20.4. The third-order valence-electron chi connectivity index (χ3n) is 7.67. The fourth-order valence-electron chi connectivity index (χ4n) is 5.37. The maximum atomic E-state index is 14.2. The molecule has 0 bridgehead atoms. The average Bonchev–Trinajstić information content (AvgIpc) is 2.96. The van der Waals surface area contributed by atoms with Crippen LogP contribution in [-0.4, -0.2) is 65.3 Å². The number of carbonyl (C=O) groups excluding carboxylic acids is 3. The predicted molar refractivity (Wildman–Crippen MR) is 181 cm³/mol. The zero-order valence-electron chi connectivity index (χ0n) is 27.3. The van der Waals surface area contributed by atoms with Crippen molar-refractivity contribution in [2.45, 2.75) is 104 Å². The molecule has 0 aliphatic rings. The van der Waals surface area contributed by atoms with Gasteiger partial charge in [0.25, 0.3) is 0 Å². The summed E-state index contributed by atoms with van der Waals surface area (Å²) in [4.78, 5) is 42.3. The van der Waals surface area contributed by atoms with Gasteiger partial charge in [-0.05, 0) is 55.9 Å². The molecule has 44 heavy (non-hydrogen) atoms. The van der Waals surface area contributed by atoms with E-state index in [0.29, 0.717) is 31.5 Å². The van der Waals surface area contributed by atoms with Gasteiger partial charge < -0.3 is 26.6 Å². The Morgan fingerprint density at radius 1 is 0.909 bits per heavy atom. The van der Waals surface area contributed by atoms with Crippen LogP contribution in [0.4, 0.5) is 5.69 Å². The second-order valence-corrected chi connectivity index (χ2v) is 12.5. The number of fused-ring (bicyclic) bond motifs is 1. The Balaban J connectivity index is 0.00000968. The van der Waals surface area contributed by atoms with Crippen molar-refractivity contribution in [1.82, 2.24) is 10.6 Å². The minimum Gasteiger partial charge on any atom is -0.396 e. The van der Waals surface area contributed by atoms with Crippen molar-refractivity contribution in [3.8, 4) is 0 Å². The zero-order chi connectivity index (χ0) is 32.1. The highest BCUT2D eigenvalue weighted by Crippen LogP contribution is 2.30. The number of nitrogens with zero attached hydrogens (tertiary/aromatic N) is 1. The average molecular weight is 635 g/mol. The van der Waals surface area contributed by atoms with Crippen LogP contribution in [0.2, 0.25) is 0 Å². The zero-order valence-corrected chi connectivity index (χ0v) is 28.1. The number of nitrogens with two attached hydrogens (primary N) is 1. The normalized spacial score (nSPS) is 14.8. The quantitative estimate of drug-likeness (QED) is 0.163. The molecule has 0 saturated heterocycles. The number of amides is 3. The Bertz CT molecular complexity index is 1170. The lowest BCUT2D eigenvalue weighted by molar-refractivity contribution is -0.129. The molecule has 2 rings (SSSR count). The smallest absolute Gasteiger partial charge is 0.244 e. The van der Waals surface area contributed by atoms with Crippen LogP contribution in [0.5, 0.6) is 0 Å². The second kappa shape index (κ2) is 19.6. The summed E-state index contributed by atoms with van der Waals surface area (Å²) < 4.78 is 0. The molecule has 0 aliphatic heterocycles. The molecule has 0 spiro atoms. The molecule has 0 aliphatic carbocycles. The highest BCUT2D eigenvalue weighted by Gasteiger charge is 2.36. The van der Waals surface area contributed by atoms with Gasteiger partial charge in [0.1, 0.15) is 6.04 Å². The van der Waals surface area contributed by atoms with Gasteiger partial charge in [-0.1, -0.05) is 83.9 Å². The Kier molecular flexibility index (Phi) is 17.5. The van der Waals surface area contributed by atoms with Crippen molar-refractivity contribution in [2.24, 2.45) is 23.5 Å². The van der Waals surface area contributed by atoms with Crippen molar-refractivity contribution in [3.05, 3.63) is 42.5 Å². The number of rotatable bonds is 18. The molecule has 0 heterocycles. The molecule has 9 nitrogen and oxygen atoms in total. The van der Waals surface area contributed by atoms with Crippen molar-refractivity contribution in [2.75, 3.05) is 18.1 Å². The minimum atomic E-state index is -1.03. The number of nitrogens with one attached hydrogen (secondary N) is 2. The van der Waals surface area contributed by atoms with E-state index in [9.17, 15) is 24.6 Å². The van der Waals surface area contributed by atoms with Crippen LogP contribution < -0.4 is 21.3 Å². The van der Waals surface area contributed by atoms with E-state index in [0.717, 1.165) is 17.2 Å². The van der Waals surface area contributed by atoms with Gasteiger partial charge in [-0.15, -0.1) is 12.4 Å². The highest BCUT2D eigenvalue weighted by atomic mass is 35.5. The summed E-state index contributed by atoms with van der Waals surface area (Å²) in [5.74, 6) is -1.16. The molecule has 0 aromatic heterocycles. The van der Waals surface area contributed by atoms with E-state index in [1.807, 2.05) is 77.1 Å². The van der Waals surface area contributed by atoms with Gasteiger partial charge in [0.2, 0.25) is 17.7 Å². The summed E-state index contributed by atoms with van der Waals surface area (Å²) in [6.45, 7) is 12.0. The first-order valence-electron chi connectivity index (χ1n) is 15.8. The van der Waals surface area contributed by atoms with E-state index in [1.54, 1.807) is 6.92 Å². The Hall–Kier alpha value is -2.72. The molecule has 0 fully saturated rings. The van der Waals surface area contributed by atoms with Gasteiger partial charge in [-0.3, -0.25) is 19.3 Å². The van der Waals surface area contributed by atoms with Crippen LogP contribution in [0.3, 0.4) is 0 Å². The molecule has 0 radical (unpaired) electrons. The van der Waals surface area contributed by atoms with E-state index >= 15 is 0 Å². The number of halogens is 1. The lowest BCUT2D eigenvalue weighted by atomic mass is 9.89. The van der Waals surface area contributed by atoms with Crippen LogP contribution in [-0.2, 0) is 14.4 Å². The molecule has 248 valence electrons.